The van der Waals surface area contributed by atoms with Crippen LogP contribution in [0.15, 0.2) is 67.3 Å². The number of alkyl halides is 3. The van der Waals surface area contributed by atoms with Gasteiger partial charge in [0.2, 0.25) is 0 Å². The highest BCUT2D eigenvalue weighted by Crippen LogP contribution is 2.38. The van der Waals surface area contributed by atoms with Crippen molar-refractivity contribution in [2.45, 2.75) is 44.2 Å². The van der Waals surface area contributed by atoms with Gasteiger partial charge in [0.25, 0.3) is 0 Å². The van der Waals surface area contributed by atoms with E-state index in [2.05, 4.69) is 47.4 Å². The summed E-state index contributed by atoms with van der Waals surface area (Å²) in [6.07, 6.45) is 3.46. The Morgan fingerprint density at radius 2 is 1.71 bits per heavy atom. The summed E-state index contributed by atoms with van der Waals surface area (Å²) in [5.74, 6) is 6.23. The van der Waals surface area contributed by atoms with Crippen LogP contribution in [0, 0.1) is 23.6 Å². The quantitative estimate of drug-likeness (QED) is 0.209. The smallest absolute Gasteiger partial charge is 0.422 e. The van der Waals surface area contributed by atoms with Crippen LogP contribution in [-0.4, -0.2) is 12.8 Å². The van der Waals surface area contributed by atoms with Gasteiger partial charge in [0.05, 0.1) is 5.56 Å². The maximum atomic E-state index is 14.4. The van der Waals surface area contributed by atoms with Crippen molar-refractivity contribution >= 4 is 10.8 Å². The number of rotatable bonds is 5. The van der Waals surface area contributed by atoms with E-state index in [-0.39, 0.29) is 11.3 Å². The van der Waals surface area contributed by atoms with Crippen LogP contribution in [0.2, 0.25) is 0 Å². The SMILES string of the molecule is C=CCC1CCC(c2ccc3c(C#Cc4ccc(OCC(F)(F)F)cc4F)cccc3c2)CC1. The second-order valence-electron chi connectivity index (χ2n) is 8.82. The molecule has 0 N–H and O–H groups in total. The summed E-state index contributed by atoms with van der Waals surface area (Å²) >= 11 is 0. The highest BCUT2D eigenvalue weighted by molar-refractivity contribution is 5.89. The van der Waals surface area contributed by atoms with Crippen LogP contribution < -0.4 is 4.74 Å². The predicted molar refractivity (Wildman–Crippen MR) is 127 cm³/mol. The first-order chi connectivity index (χ1) is 16.3. The van der Waals surface area contributed by atoms with Crippen molar-refractivity contribution in [2.75, 3.05) is 6.61 Å². The number of benzene rings is 3. The van der Waals surface area contributed by atoms with Gasteiger partial charge >= 0.3 is 6.18 Å². The summed E-state index contributed by atoms with van der Waals surface area (Å²) in [5.41, 5.74) is 2.22. The van der Waals surface area contributed by atoms with E-state index in [4.69, 9.17) is 0 Å². The normalized spacial score (nSPS) is 18.2. The van der Waals surface area contributed by atoms with Gasteiger partial charge in [-0.3, -0.25) is 0 Å². The molecule has 0 heterocycles. The molecule has 176 valence electrons. The van der Waals surface area contributed by atoms with E-state index in [1.165, 1.54) is 43.4 Å². The van der Waals surface area contributed by atoms with Gasteiger partial charge in [-0.1, -0.05) is 48.2 Å². The van der Waals surface area contributed by atoms with Gasteiger partial charge in [0.15, 0.2) is 6.61 Å². The van der Waals surface area contributed by atoms with Crippen LogP contribution >= 0.6 is 0 Å². The molecule has 0 radical (unpaired) electrons. The standard InChI is InChI=1S/C29H26F4O/c1-2-4-20-7-9-21(10-8-20)24-14-16-27-22(5-3-6-25(27)17-24)11-12-23-13-15-26(18-28(23)30)34-19-29(31,32)33/h2-3,5-6,13-18,20-21H,1,4,7-10,19H2. The second kappa shape index (κ2) is 10.3. The minimum atomic E-state index is -4.48. The summed E-state index contributed by atoms with van der Waals surface area (Å²) in [5, 5.41) is 2.08. The number of hydrogen-bond donors (Lipinski definition) is 0. The summed E-state index contributed by atoms with van der Waals surface area (Å²) in [6, 6.07) is 15.9. The average molecular weight is 467 g/mol. The fourth-order valence-electron chi connectivity index (χ4n) is 4.62. The fourth-order valence-corrected chi connectivity index (χ4v) is 4.62. The lowest BCUT2D eigenvalue weighted by molar-refractivity contribution is -0.153. The van der Waals surface area contributed by atoms with Crippen molar-refractivity contribution in [3.63, 3.8) is 0 Å². The Balaban J connectivity index is 1.51. The zero-order valence-electron chi connectivity index (χ0n) is 18.8. The van der Waals surface area contributed by atoms with E-state index in [1.807, 2.05) is 18.2 Å². The summed E-state index contributed by atoms with van der Waals surface area (Å²) < 4.78 is 55.8. The number of allylic oxidation sites excluding steroid dienone is 1. The van der Waals surface area contributed by atoms with Crippen molar-refractivity contribution in [1.82, 2.24) is 0 Å². The van der Waals surface area contributed by atoms with Crippen molar-refractivity contribution in [2.24, 2.45) is 5.92 Å². The van der Waals surface area contributed by atoms with E-state index < -0.39 is 18.6 Å². The van der Waals surface area contributed by atoms with Gasteiger partial charge in [0.1, 0.15) is 11.6 Å². The van der Waals surface area contributed by atoms with E-state index in [0.717, 1.165) is 34.7 Å². The summed E-state index contributed by atoms with van der Waals surface area (Å²) in [7, 11) is 0. The van der Waals surface area contributed by atoms with Crippen LogP contribution in [-0.2, 0) is 0 Å². The first-order valence-corrected chi connectivity index (χ1v) is 11.5. The largest absolute Gasteiger partial charge is 0.484 e. The maximum absolute atomic E-state index is 14.4. The van der Waals surface area contributed by atoms with E-state index >= 15 is 0 Å². The van der Waals surface area contributed by atoms with Crippen LogP contribution in [0.3, 0.4) is 0 Å². The molecule has 4 rings (SSSR count). The zero-order valence-corrected chi connectivity index (χ0v) is 18.8. The lowest BCUT2D eigenvalue weighted by Gasteiger charge is -2.28. The Hall–Kier alpha value is -3.26. The Bertz CT molecular complexity index is 1220. The van der Waals surface area contributed by atoms with Gasteiger partial charge in [-0.05, 0) is 78.5 Å². The second-order valence-corrected chi connectivity index (χ2v) is 8.82. The summed E-state index contributed by atoms with van der Waals surface area (Å²) in [6.45, 7) is 2.39. The van der Waals surface area contributed by atoms with E-state index in [9.17, 15) is 17.6 Å². The molecular weight excluding hydrogens is 440 g/mol. The molecule has 3 aromatic carbocycles. The van der Waals surface area contributed by atoms with Crippen molar-refractivity contribution in [1.29, 1.82) is 0 Å². The molecule has 0 amide bonds. The molecule has 0 atom stereocenters. The zero-order chi connectivity index (χ0) is 24.1. The number of hydrogen-bond acceptors (Lipinski definition) is 1. The van der Waals surface area contributed by atoms with Crippen molar-refractivity contribution in [3.8, 4) is 17.6 Å². The highest BCUT2D eigenvalue weighted by atomic mass is 19.4. The Morgan fingerprint density at radius 3 is 2.41 bits per heavy atom. The molecule has 1 aliphatic carbocycles. The van der Waals surface area contributed by atoms with E-state index in [1.54, 1.807) is 0 Å². The first-order valence-electron chi connectivity index (χ1n) is 11.5. The van der Waals surface area contributed by atoms with Gasteiger partial charge < -0.3 is 4.74 Å². The lowest BCUT2D eigenvalue weighted by Crippen LogP contribution is -2.19. The van der Waals surface area contributed by atoms with Crippen LogP contribution in [0.4, 0.5) is 17.6 Å². The van der Waals surface area contributed by atoms with Gasteiger partial charge in [-0.2, -0.15) is 13.2 Å². The topological polar surface area (TPSA) is 9.23 Å². The molecule has 1 saturated carbocycles. The minimum Gasteiger partial charge on any atom is -0.484 e. The van der Waals surface area contributed by atoms with Gasteiger partial charge in [0, 0.05) is 11.6 Å². The van der Waals surface area contributed by atoms with Crippen LogP contribution in [0.25, 0.3) is 10.8 Å². The number of halogens is 4. The van der Waals surface area contributed by atoms with Crippen molar-refractivity contribution < 1.29 is 22.3 Å². The Labute approximate surface area is 197 Å². The van der Waals surface area contributed by atoms with E-state index in [0.29, 0.717) is 5.92 Å². The molecule has 3 aromatic rings. The van der Waals surface area contributed by atoms with Gasteiger partial charge in [-0.25, -0.2) is 4.39 Å². The fraction of sp³-hybridized carbons (Fsp3) is 0.310. The third-order valence-electron chi connectivity index (χ3n) is 6.40. The molecule has 0 spiro atoms. The molecule has 0 unspecified atom stereocenters. The molecular formula is C29H26F4O. The summed E-state index contributed by atoms with van der Waals surface area (Å²) in [4.78, 5) is 0. The maximum Gasteiger partial charge on any atom is 0.422 e. The van der Waals surface area contributed by atoms with Crippen molar-refractivity contribution in [3.05, 3.63) is 89.8 Å². The molecule has 1 nitrogen and oxygen atoms in total. The molecule has 5 heteroatoms. The lowest BCUT2D eigenvalue weighted by atomic mass is 9.77. The Kier molecular flexibility index (Phi) is 7.26. The highest BCUT2D eigenvalue weighted by Gasteiger charge is 2.28. The molecule has 0 aliphatic heterocycles. The Morgan fingerprint density at radius 1 is 0.941 bits per heavy atom. The van der Waals surface area contributed by atoms with Crippen LogP contribution in [0.1, 0.15) is 54.7 Å². The third kappa shape index (κ3) is 5.99. The molecule has 0 bridgehead atoms. The predicted octanol–water partition coefficient (Wildman–Crippen LogP) is 8.17. The molecule has 1 aliphatic rings. The number of fused-ring (bicyclic) bond motifs is 1. The molecule has 0 aromatic heterocycles. The average Bonchev–Trinajstić information content (AvgIpc) is 2.82. The molecule has 0 saturated heterocycles. The number of ether oxygens (including phenoxy) is 1. The minimum absolute atomic E-state index is 0.101. The monoisotopic (exact) mass is 466 g/mol. The van der Waals surface area contributed by atoms with Gasteiger partial charge in [-0.15, -0.1) is 6.58 Å². The van der Waals surface area contributed by atoms with Crippen LogP contribution in [0.5, 0.6) is 5.75 Å². The third-order valence-corrected chi connectivity index (χ3v) is 6.40. The molecule has 1 fully saturated rings. The molecule has 34 heavy (non-hydrogen) atoms. The first kappa shape index (κ1) is 23.9.